The van der Waals surface area contributed by atoms with Crippen LogP contribution in [0, 0.1) is 6.92 Å². The van der Waals surface area contributed by atoms with Crippen LogP contribution in [0.25, 0.3) is 0 Å². The summed E-state index contributed by atoms with van der Waals surface area (Å²) in [5, 5.41) is 0. The van der Waals surface area contributed by atoms with Gasteiger partial charge in [0.15, 0.2) is 0 Å². The van der Waals surface area contributed by atoms with Crippen LogP contribution in [0.4, 0.5) is 0 Å². The molecule has 1 atom stereocenters. The molecular weight excluding hydrogens is 208 g/mol. The topological polar surface area (TPSA) is 9.23 Å². The summed E-state index contributed by atoms with van der Waals surface area (Å²) in [6, 6.07) is 6.45. The number of allylic oxidation sites excluding steroid dienone is 2. The van der Waals surface area contributed by atoms with Crippen LogP contribution in [-0.4, -0.2) is 7.11 Å². The highest BCUT2D eigenvalue weighted by Crippen LogP contribution is 2.32. The van der Waals surface area contributed by atoms with Crippen molar-refractivity contribution in [2.75, 3.05) is 7.11 Å². The van der Waals surface area contributed by atoms with Crippen LogP contribution >= 0.6 is 0 Å². The fourth-order valence-electron chi connectivity index (χ4n) is 2.11. The first-order valence-electron chi connectivity index (χ1n) is 6.52. The Labute approximate surface area is 106 Å². The average molecular weight is 232 g/mol. The molecule has 0 spiro atoms. The highest BCUT2D eigenvalue weighted by atomic mass is 16.5. The Kier molecular flexibility index (Phi) is 5.82. The summed E-state index contributed by atoms with van der Waals surface area (Å²) < 4.78 is 5.47. The van der Waals surface area contributed by atoms with E-state index in [1.165, 1.54) is 11.1 Å². The lowest BCUT2D eigenvalue weighted by Gasteiger charge is -2.17. The molecule has 0 bridgehead atoms. The van der Waals surface area contributed by atoms with Crippen LogP contribution in [0.15, 0.2) is 30.4 Å². The van der Waals surface area contributed by atoms with Gasteiger partial charge in [0.2, 0.25) is 0 Å². The third-order valence-corrected chi connectivity index (χ3v) is 3.14. The molecule has 0 aliphatic carbocycles. The second-order valence-corrected chi connectivity index (χ2v) is 4.47. The molecule has 0 amide bonds. The molecule has 1 rings (SSSR count). The number of aryl methyl sites for hydroxylation is 1. The van der Waals surface area contributed by atoms with Gasteiger partial charge in [-0.25, -0.2) is 0 Å². The Hall–Kier alpha value is -1.24. The van der Waals surface area contributed by atoms with Crippen molar-refractivity contribution in [3.05, 3.63) is 41.5 Å². The number of hydrogen-bond donors (Lipinski definition) is 0. The SMILES string of the molecule is CC/C=C\CC(CC)c1cc(C)ccc1OC. The first kappa shape index (κ1) is 13.8. The van der Waals surface area contributed by atoms with E-state index in [9.17, 15) is 0 Å². The van der Waals surface area contributed by atoms with Gasteiger partial charge in [0.05, 0.1) is 7.11 Å². The van der Waals surface area contributed by atoms with Crippen LogP contribution in [-0.2, 0) is 0 Å². The molecule has 0 aromatic heterocycles. The summed E-state index contributed by atoms with van der Waals surface area (Å²) in [5.41, 5.74) is 2.65. The third-order valence-electron chi connectivity index (χ3n) is 3.14. The maximum Gasteiger partial charge on any atom is 0.122 e. The Morgan fingerprint density at radius 1 is 1.24 bits per heavy atom. The van der Waals surface area contributed by atoms with Gasteiger partial charge in [-0.2, -0.15) is 0 Å². The summed E-state index contributed by atoms with van der Waals surface area (Å²) >= 11 is 0. The smallest absolute Gasteiger partial charge is 0.122 e. The molecule has 0 fully saturated rings. The van der Waals surface area contributed by atoms with Crippen molar-refractivity contribution in [2.24, 2.45) is 0 Å². The molecule has 0 N–H and O–H groups in total. The van der Waals surface area contributed by atoms with Gasteiger partial charge < -0.3 is 4.74 Å². The van der Waals surface area contributed by atoms with Gasteiger partial charge in [-0.15, -0.1) is 0 Å². The molecule has 17 heavy (non-hydrogen) atoms. The van der Waals surface area contributed by atoms with E-state index in [4.69, 9.17) is 4.74 Å². The molecule has 1 aromatic carbocycles. The zero-order valence-corrected chi connectivity index (χ0v) is 11.5. The number of rotatable bonds is 6. The molecule has 0 saturated carbocycles. The van der Waals surface area contributed by atoms with Crippen LogP contribution in [0.1, 0.15) is 50.2 Å². The van der Waals surface area contributed by atoms with E-state index in [1.54, 1.807) is 7.11 Å². The number of methoxy groups -OCH3 is 1. The van der Waals surface area contributed by atoms with Crippen molar-refractivity contribution in [1.82, 2.24) is 0 Å². The van der Waals surface area contributed by atoms with E-state index in [0.717, 1.165) is 25.0 Å². The molecule has 1 aromatic rings. The standard InChI is InChI=1S/C16H24O/c1-5-7-8-9-14(6-2)15-12-13(3)10-11-16(15)17-4/h7-8,10-12,14H,5-6,9H2,1-4H3/b8-7-. The molecular formula is C16H24O. The molecule has 1 heteroatoms. The second kappa shape index (κ2) is 7.16. The zero-order chi connectivity index (χ0) is 12.7. The zero-order valence-electron chi connectivity index (χ0n) is 11.5. The maximum atomic E-state index is 5.47. The van der Waals surface area contributed by atoms with Crippen molar-refractivity contribution in [1.29, 1.82) is 0 Å². The number of benzene rings is 1. The van der Waals surface area contributed by atoms with Crippen molar-refractivity contribution in [3.8, 4) is 5.75 Å². The molecule has 0 aliphatic rings. The highest BCUT2D eigenvalue weighted by molar-refractivity contribution is 5.39. The van der Waals surface area contributed by atoms with Gasteiger partial charge in [-0.05, 0) is 43.7 Å². The molecule has 0 heterocycles. The maximum absolute atomic E-state index is 5.47. The first-order valence-corrected chi connectivity index (χ1v) is 6.52. The third kappa shape index (κ3) is 3.92. The molecule has 0 aliphatic heterocycles. The summed E-state index contributed by atoms with van der Waals surface area (Å²) in [4.78, 5) is 0. The summed E-state index contributed by atoms with van der Waals surface area (Å²) in [7, 11) is 1.75. The van der Waals surface area contributed by atoms with E-state index in [2.05, 4.69) is 51.1 Å². The minimum atomic E-state index is 0.563. The van der Waals surface area contributed by atoms with Gasteiger partial charge in [-0.1, -0.05) is 43.7 Å². The van der Waals surface area contributed by atoms with E-state index < -0.39 is 0 Å². The predicted octanol–water partition coefficient (Wildman–Crippen LogP) is 4.85. The fourth-order valence-corrected chi connectivity index (χ4v) is 2.11. The van der Waals surface area contributed by atoms with Gasteiger partial charge in [-0.3, -0.25) is 0 Å². The van der Waals surface area contributed by atoms with Crippen molar-refractivity contribution >= 4 is 0 Å². The predicted molar refractivity (Wildman–Crippen MR) is 74.8 cm³/mol. The lowest BCUT2D eigenvalue weighted by atomic mass is 9.91. The minimum absolute atomic E-state index is 0.563. The minimum Gasteiger partial charge on any atom is -0.496 e. The van der Waals surface area contributed by atoms with Crippen LogP contribution in [0.3, 0.4) is 0 Å². The molecule has 1 unspecified atom stereocenters. The fraction of sp³-hybridized carbons (Fsp3) is 0.500. The number of hydrogen-bond acceptors (Lipinski definition) is 1. The average Bonchev–Trinajstić information content (AvgIpc) is 2.35. The lowest BCUT2D eigenvalue weighted by molar-refractivity contribution is 0.404. The number of ether oxygens (including phenoxy) is 1. The first-order chi connectivity index (χ1) is 8.22. The van der Waals surface area contributed by atoms with E-state index in [0.29, 0.717) is 5.92 Å². The Balaban J connectivity index is 2.93. The molecule has 94 valence electrons. The lowest BCUT2D eigenvalue weighted by Crippen LogP contribution is -2.00. The van der Waals surface area contributed by atoms with Gasteiger partial charge >= 0.3 is 0 Å². The second-order valence-electron chi connectivity index (χ2n) is 4.47. The van der Waals surface area contributed by atoms with E-state index >= 15 is 0 Å². The Bertz CT molecular complexity index is 366. The van der Waals surface area contributed by atoms with Gasteiger partial charge in [0.25, 0.3) is 0 Å². The van der Waals surface area contributed by atoms with Crippen molar-refractivity contribution < 1.29 is 4.74 Å². The Morgan fingerprint density at radius 2 is 2.00 bits per heavy atom. The van der Waals surface area contributed by atoms with Crippen LogP contribution in [0.2, 0.25) is 0 Å². The van der Waals surface area contributed by atoms with Crippen molar-refractivity contribution in [2.45, 2.75) is 46.0 Å². The molecule has 1 nitrogen and oxygen atoms in total. The normalized spacial score (nSPS) is 12.9. The van der Waals surface area contributed by atoms with Gasteiger partial charge in [0.1, 0.15) is 5.75 Å². The quantitative estimate of drug-likeness (QED) is 0.637. The van der Waals surface area contributed by atoms with E-state index in [-0.39, 0.29) is 0 Å². The van der Waals surface area contributed by atoms with Crippen LogP contribution < -0.4 is 4.74 Å². The summed E-state index contributed by atoms with van der Waals surface area (Å²) in [6.45, 7) is 6.55. The van der Waals surface area contributed by atoms with E-state index in [1.807, 2.05) is 0 Å². The van der Waals surface area contributed by atoms with Crippen LogP contribution in [0.5, 0.6) is 5.75 Å². The monoisotopic (exact) mass is 232 g/mol. The van der Waals surface area contributed by atoms with Gasteiger partial charge in [0, 0.05) is 0 Å². The molecule has 0 saturated heterocycles. The molecule has 0 radical (unpaired) electrons. The summed E-state index contributed by atoms with van der Waals surface area (Å²) in [5.74, 6) is 1.58. The Morgan fingerprint density at radius 3 is 2.59 bits per heavy atom. The summed E-state index contributed by atoms with van der Waals surface area (Å²) in [6.07, 6.45) is 7.89. The van der Waals surface area contributed by atoms with Crippen molar-refractivity contribution in [3.63, 3.8) is 0 Å². The largest absolute Gasteiger partial charge is 0.496 e. The highest BCUT2D eigenvalue weighted by Gasteiger charge is 2.13.